The second-order valence-electron chi connectivity index (χ2n) is 6.19. The molecule has 0 fully saturated rings. The van der Waals surface area contributed by atoms with E-state index in [2.05, 4.69) is 10.1 Å². The fourth-order valence-electron chi connectivity index (χ4n) is 3.01. The smallest absolute Gasteiger partial charge is 0.309 e. The van der Waals surface area contributed by atoms with Gasteiger partial charge in [-0.15, -0.1) is 16.4 Å². The van der Waals surface area contributed by atoms with Gasteiger partial charge in [-0.3, -0.25) is 9.59 Å². The Balaban J connectivity index is 1.82. The van der Waals surface area contributed by atoms with Crippen LogP contribution in [-0.4, -0.2) is 35.0 Å². The number of methoxy groups -OCH3 is 2. The minimum atomic E-state index is -0.510. The summed E-state index contributed by atoms with van der Waals surface area (Å²) in [7, 11) is 3.15. The molecule has 0 radical (unpaired) electrons. The third-order valence-electron chi connectivity index (χ3n) is 4.29. The van der Waals surface area contributed by atoms with E-state index in [0.717, 1.165) is 4.70 Å². The molecule has 8 nitrogen and oxygen atoms in total. The number of aromatic nitrogens is 3. The van der Waals surface area contributed by atoms with Crippen molar-refractivity contribution in [3.63, 3.8) is 0 Å². The molecule has 0 aliphatic rings. The molecule has 2 heterocycles. The maximum absolute atomic E-state index is 12.9. The van der Waals surface area contributed by atoms with Crippen LogP contribution in [-0.2, 0) is 11.3 Å². The lowest BCUT2D eigenvalue weighted by Gasteiger charge is -2.09. The third-order valence-corrected chi connectivity index (χ3v) is 5.36. The number of esters is 1. The van der Waals surface area contributed by atoms with E-state index in [1.165, 1.54) is 22.9 Å². The summed E-state index contributed by atoms with van der Waals surface area (Å²) in [5.74, 6) is 0.851. The molecule has 0 saturated carbocycles. The van der Waals surface area contributed by atoms with Gasteiger partial charge in [0.25, 0.3) is 5.56 Å². The fraction of sp³-hybridized carbons (Fsp3) is 0.200. The Kier molecular flexibility index (Phi) is 4.89. The second kappa shape index (κ2) is 7.51. The van der Waals surface area contributed by atoms with E-state index in [-0.39, 0.29) is 18.0 Å². The topological polar surface area (TPSA) is 92.5 Å². The van der Waals surface area contributed by atoms with Gasteiger partial charge in [0.15, 0.2) is 0 Å². The molecule has 4 aromatic rings. The van der Waals surface area contributed by atoms with E-state index in [1.807, 2.05) is 0 Å². The predicted octanol–water partition coefficient (Wildman–Crippen LogP) is 3.00. The predicted molar refractivity (Wildman–Crippen MR) is 109 cm³/mol. The molecular formula is C20H17N3O5S. The fourth-order valence-corrected chi connectivity index (χ4v) is 4.03. The molecular weight excluding hydrogens is 394 g/mol. The average molecular weight is 411 g/mol. The third kappa shape index (κ3) is 3.52. The highest BCUT2D eigenvalue weighted by Gasteiger charge is 2.16. The molecule has 29 heavy (non-hydrogen) atoms. The molecule has 2 aromatic heterocycles. The van der Waals surface area contributed by atoms with Gasteiger partial charge in [-0.25, -0.2) is 9.67 Å². The van der Waals surface area contributed by atoms with Gasteiger partial charge >= 0.3 is 5.97 Å². The quantitative estimate of drug-likeness (QED) is 0.466. The minimum Gasteiger partial charge on any atom is -0.497 e. The normalized spacial score (nSPS) is 11.0. The monoisotopic (exact) mass is 411 g/mol. The summed E-state index contributed by atoms with van der Waals surface area (Å²) in [5, 5.41) is 5.81. The van der Waals surface area contributed by atoms with Crippen molar-refractivity contribution in [2.45, 2.75) is 13.5 Å². The first-order chi connectivity index (χ1) is 14.0. The van der Waals surface area contributed by atoms with Crippen molar-refractivity contribution >= 4 is 38.3 Å². The lowest BCUT2D eigenvalue weighted by Crippen LogP contribution is -2.25. The standard InChI is InChI=1S/C20H17N3O5S/c1-11(24)28-19-13-6-4-5-7-14(13)20(25)23(22-19)10-17-21-15-8-12(26-2)9-16(27-3)18(15)29-17/h4-9H,10H2,1-3H3. The highest BCUT2D eigenvalue weighted by atomic mass is 32.1. The van der Waals surface area contributed by atoms with Crippen molar-refractivity contribution in [2.75, 3.05) is 14.2 Å². The van der Waals surface area contributed by atoms with E-state index in [9.17, 15) is 9.59 Å². The van der Waals surface area contributed by atoms with Crippen molar-refractivity contribution < 1.29 is 19.0 Å². The number of rotatable bonds is 5. The van der Waals surface area contributed by atoms with Crippen LogP contribution in [0.1, 0.15) is 11.9 Å². The van der Waals surface area contributed by atoms with Gasteiger partial charge in [-0.05, 0) is 12.1 Å². The number of nitrogens with zero attached hydrogens (tertiary/aromatic N) is 3. The molecule has 0 spiro atoms. The largest absolute Gasteiger partial charge is 0.497 e. The zero-order valence-corrected chi connectivity index (χ0v) is 16.8. The summed E-state index contributed by atoms with van der Waals surface area (Å²) >= 11 is 1.40. The molecule has 0 N–H and O–H groups in total. The van der Waals surface area contributed by atoms with E-state index < -0.39 is 5.97 Å². The Morgan fingerprint density at radius 2 is 1.90 bits per heavy atom. The molecule has 0 aliphatic carbocycles. The van der Waals surface area contributed by atoms with Crippen LogP contribution in [0, 0.1) is 0 Å². The van der Waals surface area contributed by atoms with Gasteiger partial charge < -0.3 is 14.2 Å². The van der Waals surface area contributed by atoms with E-state index >= 15 is 0 Å². The molecule has 9 heteroatoms. The molecule has 0 bridgehead atoms. The van der Waals surface area contributed by atoms with Crippen molar-refractivity contribution in [1.82, 2.24) is 14.8 Å². The first-order valence-electron chi connectivity index (χ1n) is 8.70. The number of hydrogen-bond donors (Lipinski definition) is 0. The summed E-state index contributed by atoms with van der Waals surface area (Å²) < 4.78 is 18.0. The van der Waals surface area contributed by atoms with Gasteiger partial charge in [0.1, 0.15) is 16.5 Å². The maximum atomic E-state index is 12.9. The summed E-state index contributed by atoms with van der Waals surface area (Å²) in [6.07, 6.45) is 0. The van der Waals surface area contributed by atoms with E-state index in [1.54, 1.807) is 50.6 Å². The van der Waals surface area contributed by atoms with Crippen LogP contribution in [0.2, 0.25) is 0 Å². The van der Waals surface area contributed by atoms with Crippen LogP contribution in [0.5, 0.6) is 17.4 Å². The Morgan fingerprint density at radius 1 is 1.14 bits per heavy atom. The van der Waals surface area contributed by atoms with Gasteiger partial charge in [-0.2, -0.15) is 0 Å². The zero-order valence-electron chi connectivity index (χ0n) is 16.0. The maximum Gasteiger partial charge on any atom is 0.309 e. The number of benzene rings is 2. The Labute approximate surface area is 169 Å². The minimum absolute atomic E-state index is 0.0908. The molecule has 0 saturated heterocycles. The number of carbonyl (C=O) groups excluding carboxylic acids is 1. The highest BCUT2D eigenvalue weighted by Crippen LogP contribution is 2.35. The van der Waals surface area contributed by atoms with Crippen LogP contribution in [0.3, 0.4) is 0 Å². The molecule has 2 aromatic carbocycles. The first kappa shape index (κ1) is 18.9. The zero-order chi connectivity index (χ0) is 20.5. The average Bonchev–Trinajstić information content (AvgIpc) is 3.12. The SMILES string of the molecule is COc1cc(OC)c2sc(Cn3nc(OC(C)=O)c4ccccc4c3=O)nc2c1. The van der Waals surface area contributed by atoms with Gasteiger partial charge in [-0.1, -0.05) is 12.1 Å². The van der Waals surface area contributed by atoms with Crippen LogP contribution in [0.25, 0.3) is 21.0 Å². The van der Waals surface area contributed by atoms with Crippen LogP contribution < -0.4 is 19.8 Å². The summed E-state index contributed by atoms with van der Waals surface area (Å²) in [6, 6.07) is 10.5. The molecule has 4 rings (SSSR count). The second-order valence-corrected chi connectivity index (χ2v) is 7.28. The summed E-state index contributed by atoms with van der Waals surface area (Å²) in [5.41, 5.74) is 0.413. The Bertz CT molecular complexity index is 1290. The van der Waals surface area contributed by atoms with E-state index in [4.69, 9.17) is 14.2 Å². The van der Waals surface area contributed by atoms with Crippen LogP contribution >= 0.6 is 11.3 Å². The highest BCUT2D eigenvalue weighted by molar-refractivity contribution is 7.19. The van der Waals surface area contributed by atoms with Crippen molar-refractivity contribution in [1.29, 1.82) is 0 Å². The summed E-state index contributed by atoms with van der Waals surface area (Å²) in [4.78, 5) is 29.0. The molecule has 0 aliphatic heterocycles. The van der Waals surface area contributed by atoms with Gasteiger partial charge in [0.05, 0.1) is 41.8 Å². The number of carbonyl (C=O) groups is 1. The van der Waals surface area contributed by atoms with Gasteiger partial charge in [0.2, 0.25) is 5.88 Å². The van der Waals surface area contributed by atoms with Crippen molar-refractivity contribution in [3.05, 3.63) is 51.8 Å². The molecule has 0 amide bonds. The molecule has 0 atom stereocenters. The van der Waals surface area contributed by atoms with Crippen LogP contribution in [0.15, 0.2) is 41.2 Å². The Hall–Kier alpha value is -3.46. The van der Waals surface area contributed by atoms with Crippen molar-refractivity contribution in [2.24, 2.45) is 0 Å². The summed E-state index contributed by atoms with van der Waals surface area (Å²) in [6.45, 7) is 1.42. The number of ether oxygens (including phenoxy) is 3. The Morgan fingerprint density at radius 3 is 2.59 bits per heavy atom. The number of thiazole rings is 1. The number of fused-ring (bicyclic) bond motifs is 2. The van der Waals surface area contributed by atoms with E-state index in [0.29, 0.717) is 32.8 Å². The first-order valence-corrected chi connectivity index (χ1v) is 9.51. The van der Waals surface area contributed by atoms with Crippen molar-refractivity contribution in [3.8, 4) is 17.4 Å². The number of hydrogen-bond acceptors (Lipinski definition) is 8. The lowest BCUT2D eigenvalue weighted by molar-refractivity contribution is -0.132. The molecule has 148 valence electrons. The molecule has 0 unspecified atom stereocenters. The lowest BCUT2D eigenvalue weighted by atomic mass is 10.2. The van der Waals surface area contributed by atoms with Crippen LogP contribution in [0.4, 0.5) is 0 Å². The van der Waals surface area contributed by atoms with Gasteiger partial charge in [0, 0.05) is 19.1 Å².